The van der Waals surface area contributed by atoms with Crippen LogP contribution in [0.4, 0.5) is 8.78 Å². The average molecular weight is 341 g/mol. The van der Waals surface area contributed by atoms with Gasteiger partial charge in [-0.1, -0.05) is 6.92 Å². The van der Waals surface area contributed by atoms with Crippen LogP contribution < -0.4 is 5.32 Å². The highest BCUT2D eigenvalue weighted by Crippen LogP contribution is 2.23. The summed E-state index contributed by atoms with van der Waals surface area (Å²) >= 11 is 0. The molecule has 2 rings (SSSR count). The number of halogens is 3. The number of nitrogens with one attached hydrogen (secondary N) is 1. The van der Waals surface area contributed by atoms with Gasteiger partial charge in [-0.25, -0.2) is 17.2 Å². The van der Waals surface area contributed by atoms with Crippen LogP contribution in [0.1, 0.15) is 19.8 Å². The molecule has 1 aromatic rings. The Labute approximate surface area is 130 Å². The van der Waals surface area contributed by atoms with E-state index in [2.05, 4.69) is 5.32 Å². The van der Waals surface area contributed by atoms with E-state index in [4.69, 9.17) is 0 Å². The summed E-state index contributed by atoms with van der Waals surface area (Å²) in [4.78, 5) is -0.197. The fourth-order valence-electron chi connectivity index (χ4n) is 2.38. The van der Waals surface area contributed by atoms with Gasteiger partial charge in [-0.3, -0.25) is 0 Å². The van der Waals surface area contributed by atoms with E-state index in [-0.39, 0.29) is 23.3 Å². The number of hydrogen-bond acceptors (Lipinski definition) is 3. The molecule has 8 heteroatoms. The van der Waals surface area contributed by atoms with Gasteiger partial charge in [0.15, 0.2) is 11.6 Å². The summed E-state index contributed by atoms with van der Waals surface area (Å²) < 4.78 is 52.8. The van der Waals surface area contributed by atoms with Crippen LogP contribution in [0.15, 0.2) is 23.1 Å². The molecule has 0 aliphatic carbocycles. The van der Waals surface area contributed by atoms with Crippen LogP contribution in [0.2, 0.25) is 0 Å². The second-order valence-corrected chi connectivity index (χ2v) is 6.73. The van der Waals surface area contributed by atoms with Crippen molar-refractivity contribution in [3.8, 4) is 0 Å². The lowest BCUT2D eigenvalue weighted by Crippen LogP contribution is -2.42. The summed E-state index contributed by atoms with van der Waals surface area (Å²) in [7, 11) is -3.80. The molecule has 0 saturated carbocycles. The third-order valence-electron chi connectivity index (χ3n) is 3.38. The smallest absolute Gasteiger partial charge is 0.243 e. The highest BCUT2D eigenvalue weighted by atomic mass is 35.5. The first kappa shape index (κ1) is 18.3. The maximum atomic E-state index is 13.3. The van der Waals surface area contributed by atoms with Crippen molar-refractivity contribution < 1.29 is 17.2 Å². The molecule has 1 aliphatic rings. The van der Waals surface area contributed by atoms with Gasteiger partial charge in [0.2, 0.25) is 10.0 Å². The molecule has 1 N–H and O–H groups in total. The highest BCUT2D eigenvalue weighted by Gasteiger charge is 2.32. The van der Waals surface area contributed by atoms with E-state index in [1.165, 1.54) is 4.31 Å². The lowest BCUT2D eigenvalue weighted by atomic mass is 10.2. The van der Waals surface area contributed by atoms with Crippen molar-refractivity contribution in [2.75, 3.05) is 19.6 Å². The number of hydrogen-bond donors (Lipinski definition) is 1. The standard InChI is InChI=1S/C13H18F2N2O2S.ClH/c1-2-7-17(10-5-6-16-9-10)20(18,19)11-3-4-12(14)13(15)8-11;/h3-4,8,10,16H,2,5-7,9H2,1H3;1H. The molecule has 0 bridgehead atoms. The lowest BCUT2D eigenvalue weighted by Gasteiger charge is -2.27. The lowest BCUT2D eigenvalue weighted by molar-refractivity contribution is 0.334. The van der Waals surface area contributed by atoms with Crippen LogP contribution in [-0.2, 0) is 10.0 Å². The Morgan fingerprint density at radius 3 is 2.57 bits per heavy atom. The quantitative estimate of drug-likeness (QED) is 0.893. The molecule has 0 spiro atoms. The van der Waals surface area contributed by atoms with E-state index in [1.54, 1.807) is 0 Å². The van der Waals surface area contributed by atoms with Crippen LogP contribution >= 0.6 is 12.4 Å². The van der Waals surface area contributed by atoms with Gasteiger partial charge in [-0.15, -0.1) is 12.4 Å². The number of rotatable bonds is 5. The summed E-state index contributed by atoms with van der Waals surface area (Å²) in [6, 6.07) is 2.57. The summed E-state index contributed by atoms with van der Waals surface area (Å²) in [5.41, 5.74) is 0. The maximum Gasteiger partial charge on any atom is 0.243 e. The molecule has 1 heterocycles. The second-order valence-electron chi connectivity index (χ2n) is 4.84. The zero-order valence-electron chi connectivity index (χ0n) is 11.7. The Hall–Kier alpha value is -0.760. The van der Waals surface area contributed by atoms with Gasteiger partial charge in [0.25, 0.3) is 0 Å². The second kappa shape index (κ2) is 7.49. The molecule has 1 saturated heterocycles. The van der Waals surface area contributed by atoms with Crippen LogP contribution in [0.5, 0.6) is 0 Å². The monoisotopic (exact) mass is 340 g/mol. The first-order valence-corrected chi connectivity index (χ1v) is 8.08. The van der Waals surface area contributed by atoms with E-state index >= 15 is 0 Å². The normalized spacial score (nSPS) is 18.8. The molecular weight excluding hydrogens is 322 g/mol. The van der Waals surface area contributed by atoms with E-state index < -0.39 is 21.7 Å². The van der Waals surface area contributed by atoms with E-state index in [9.17, 15) is 17.2 Å². The summed E-state index contributed by atoms with van der Waals surface area (Å²) in [6.45, 7) is 3.60. The minimum absolute atomic E-state index is 0. The molecule has 1 aliphatic heterocycles. The average Bonchev–Trinajstić information content (AvgIpc) is 2.92. The zero-order valence-corrected chi connectivity index (χ0v) is 13.3. The van der Waals surface area contributed by atoms with E-state index in [0.29, 0.717) is 19.5 Å². The fraction of sp³-hybridized carbons (Fsp3) is 0.538. The van der Waals surface area contributed by atoms with Gasteiger partial charge in [0.05, 0.1) is 4.90 Å². The van der Waals surface area contributed by atoms with Crippen molar-refractivity contribution in [2.45, 2.75) is 30.7 Å². The van der Waals surface area contributed by atoms with Crippen molar-refractivity contribution in [1.82, 2.24) is 9.62 Å². The summed E-state index contributed by atoms with van der Waals surface area (Å²) in [6.07, 6.45) is 1.39. The van der Waals surface area contributed by atoms with Crippen molar-refractivity contribution in [3.05, 3.63) is 29.8 Å². The van der Waals surface area contributed by atoms with Crippen LogP contribution in [0.3, 0.4) is 0 Å². The molecule has 0 amide bonds. The molecule has 1 atom stereocenters. The first-order chi connectivity index (χ1) is 9.46. The largest absolute Gasteiger partial charge is 0.315 e. The van der Waals surface area contributed by atoms with E-state index in [0.717, 1.165) is 31.2 Å². The number of benzene rings is 1. The molecular formula is C13H19ClF2N2O2S. The van der Waals surface area contributed by atoms with Gasteiger partial charge >= 0.3 is 0 Å². The third kappa shape index (κ3) is 3.91. The van der Waals surface area contributed by atoms with Crippen molar-refractivity contribution in [3.63, 3.8) is 0 Å². The Kier molecular flexibility index (Phi) is 6.52. The number of nitrogens with zero attached hydrogens (tertiary/aromatic N) is 1. The number of sulfonamides is 1. The van der Waals surface area contributed by atoms with Gasteiger partial charge in [-0.05, 0) is 37.6 Å². The van der Waals surface area contributed by atoms with Crippen molar-refractivity contribution >= 4 is 22.4 Å². The van der Waals surface area contributed by atoms with Crippen molar-refractivity contribution in [2.24, 2.45) is 0 Å². The Balaban J connectivity index is 0.00000220. The predicted molar refractivity (Wildman–Crippen MR) is 79.1 cm³/mol. The maximum absolute atomic E-state index is 13.3. The molecule has 120 valence electrons. The minimum atomic E-state index is -3.80. The van der Waals surface area contributed by atoms with Gasteiger partial charge in [0.1, 0.15) is 0 Å². The Morgan fingerprint density at radius 2 is 2.05 bits per heavy atom. The van der Waals surface area contributed by atoms with Crippen LogP contribution in [0.25, 0.3) is 0 Å². The Morgan fingerprint density at radius 1 is 1.33 bits per heavy atom. The summed E-state index contributed by atoms with van der Waals surface area (Å²) in [5.74, 6) is -2.19. The first-order valence-electron chi connectivity index (χ1n) is 6.64. The van der Waals surface area contributed by atoms with Gasteiger partial charge in [-0.2, -0.15) is 4.31 Å². The molecule has 0 radical (unpaired) electrons. The molecule has 1 fully saturated rings. The topological polar surface area (TPSA) is 49.4 Å². The van der Waals surface area contributed by atoms with Gasteiger partial charge < -0.3 is 5.32 Å². The molecule has 0 aromatic heterocycles. The predicted octanol–water partition coefficient (Wildman–Crippen LogP) is 2.15. The molecule has 1 aromatic carbocycles. The third-order valence-corrected chi connectivity index (χ3v) is 5.33. The van der Waals surface area contributed by atoms with Crippen LogP contribution in [0, 0.1) is 11.6 Å². The molecule has 21 heavy (non-hydrogen) atoms. The minimum Gasteiger partial charge on any atom is -0.315 e. The van der Waals surface area contributed by atoms with Gasteiger partial charge in [0, 0.05) is 19.1 Å². The zero-order chi connectivity index (χ0) is 14.8. The van der Waals surface area contributed by atoms with E-state index in [1.807, 2.05) is 6.92 Å². The van der Waals surface area contributed by atoms with Crippen molar-refractivity contribution in [1.29, 1.82) is 0 Å². The Bertz CT molecular complexity index is 578. The molecule has 4 nitrogen and oxygen atoms in total. The molecule has 1 unspecified atom stereocenters. The van der Waals surface area contributed by atoms with Crippen LogP contribution in [-0.4, -0.2) is 38.4 Å². The fourth-order valence-corrected chi connectivity index (χ4v) is 4.14. The SMILES string of the molecule is CCCN(C1CCNC1)S(=O)(=O)c1ccc(F)c(F)c1.Cl. The summed E-state index contributed by atoms with van der Waals surface area (Å²) in [5, 5.41) is 3.12. The highest BCUT2D eigenvalue weighted by molar-refractivity contribution is 7.89.